The summed E-state index contributed by atoms with van der Waals surface area (Å²) in [6.07, 6.45) is 12.5. The summed E-state index contributed by atoms with van der Waals surface area (Å²) in [5.41, 5.74) is 0.825. The Balaban J connectivity index is 2.05. The highest BCUT2D eigenvalue weighted by atomic mass is 15.3. The summed E-state index contributed by atoms with van der Waals surface area (Å²) in [4.78, 5) is 2.92. The molecule has 0 radical (unpaired) electrons. The van der Waals surface area contributed by atoms with Gasteiger partial charge in [0.1, 0.15) is 0 Å². The fourth-order valence-corrected chi connectivity index (χ4v) is 4.38. The number of nitrogens with one attached hydrogen (secondary N) is 1. The van der Waals surface area contributed by atoms with Gasteiger partial charge in [0.15, 0.2) is 0 Å². The minimum Gasteiger partial charge on any atom is -0.308 e. The maximum atomic E-state index is 3.90. The van der Waals surface area contributed by atoms with Crippen LogP contribution in [0.5, 0.6) is 0 Å². The van der Waals surface area contributed by atoms with Gasteiger partial charge in [-0.3, -0.25) is 4.90 Å². The molecule has 1 heterocycles. The van der Waals surface area contributed by atoms with Gasteiger partial charge < -0.3 is 5.32 Å². The van der Waals surface area contributed by atoms with E-state index in [-0.39, 0.29) is 0 Å². The van der Waals surface area contributed by atoms with Crippen molar-refractivity contribution in [2.75, 3.05) is 19.6 Å². The van der Waals surface area contributed by atoms with Crippen molar-refractivity contribution in [2.45, 2.75) is 96.6 Å². The first-order valence-electron chi connectivity index (χ1n) is 9.57. The van der Waals surface area contributed by atoms with Gasteiger partial charge in [0.25, 0.3) is 0 Å². The van der Waals surface area contributed by atoms with E-state index in [9.17, 15) is 0 Å². The second kappa shape index (κ2) is 7.46. The summed E-state index contributed by atoms with van der Waals surface area (Å²) in [5.74, 6) is 0.904. The van der Waals surface area contributed by atoms with Crippen molar-refractivity contribution in [3.63, 3.8) is 0 Å². The van der Waals surface area contributed by atoms with E-state index in [2.05, 4.69) is 37.9 Å². The van der Waals surface area contributed by atoms with Crippen molar-refractivity contribution >= 4 is 0 Å². The number of piperazine rings is 1. The molecule has 2 atom stereocenters. The highest BCUT2D eigenvalue weighted by Gasteiger charge is 2.46. The lowest BCUT2D eigenvalue weighted by Gasteiger charge is -2.53. The van der Waals surface area contributed by atoms with Gasteiger partial charge in [-0.15, -0.1) is 0 Å². The van der Waals surface area contributed by atoms with E-state index in [0.29, 0.717) is 11.1 Å². The van der Waals surface area contributed by atoms with E-state index in [1.54, 1.807) is 0 Å². The highest BCUT2D eigenvalue weighted by Crippen LogP contribution is 2.39. The molecule has 21 heavy (non-hydrogen) atoms. The van der Waals surface area contributed by atoms with E-state index in [4.69, 9.17) is 0 Å². The van der Waals surface area contributed by atoms with Gasteiger partial charge in [-0.1, -0.05) is 52.9 Å². The number of unbranched alkanes of at least 4 members (excludes halogenated alkanes) is 1. The standard InChI is InChI=1S/C19H38N2/c1-5-8-11-17(6-2)14-21-16-18(4,7-3)20-15-19(21)12-9-10-13-19/h17,20H,5-16H2,1-4H3. The summed E-state index contributed by atoms with van der Waals surface area (Å²) in [7, 11) is 0. The van der Waals surface area contributed by atoms with Crippen molar-refractivity contribution in [3.8, 4) is 0 Å². The van der Waals surface area contributed by atoms with Crippen molar-refractivity contribution in [1.82, 2.24) is 10.2 Å². The Kier molecular flexibility index (Phi) is 6.14. The Hall–Kier alpha value is -0.0800. The Labute approximate surface area is 133 Å². The smallest absolute Gasteiger partial charge is 0.0335 e. The minimum absolute atomic E-state index is 0.330. The molecule has 1 saturated heterocycles. The highest BCUT2D eigenvalue weighted by molar-refractivity contribution is 5.05. The zero-order valence-electron chi connectivity index (χ0n) is 15.0. The average Bonchev–Trinajstić information content (AvgIpc) is 2.97. The van der Waals surface area contributed by atoms with Crippen LogP contribution < -0.4 is 5.32 Å². The zero-order valence-corrected chi connectivity index (χ0v) is 15.0. The van der Waals surface area contributed by atoms with E-state index in [1.807, 2.05) is 0 Å². The van der Waals surface area contributed by atoms with Gasteiger partial charge in [0.2, 0.25) is 0 Å². The molecule has 0 amide bonds. The zero-order chi connectivity index (χ0) is 15.3. The molecule has 1 saturated carbocycles. The van der Waals surface area contributed by atoms with Crippen molar-refractivity contribution in [2.24, 2.45) is 5.92 Å². The lowest BCUT2D eigenvalue weighted by Crippen LogP contribution is -2.68. The monoisotopic (exact) mass is 294 g/mol. The van der Waals surface area contributed by atoms with Crippen LogP contribution in [-0.4, -0.2) is 35.6 Å². The number of hydrogen-bond acceptors (Lipinski definition) is 2. The second-order valence-electron chi connectivity index (χ2n) is 8.00. The third kappa shape index (κ3) is 4.01. The molecule has 2 nitrogen and oxygen atoms in total. The Morgan fingerprint density at radius 2 is 1.86 bits per heavy atom. The van der Waals surface area contributed by atoms with Crippen molar-refractivity contribution in [3.05, 3.63) is 0 Å². The molecular weight excluding hydrogens is 256 g/mol. The van der Waals surface area contributed by atoms with Crippen LogP contribution >= 0.6 is 0 Å². The third-order valence-electron chi connectivity index (χ3n) is 6.39. The molecule has 0 aromatic rings. The molecule has 1 aliphatic carbocycles. The number of rotatable bonds is 7. The lowest BCUT2D eigenvalue weighted by atomic mass is 9.83. The third-order valence-corrected chi connectivity index (χ3v) is 6.39. The SMILES string of the molecule is CCCCC(CC)CN1CC(C)(CC)NCC12CCCC2. The van der Waals surface area contributed by atoms with Gasteiger partial charge >= 0.3 is 0 Å². The lowest BCUT2D eigenvalue weighted by molar-refractivity contribution is -0.000904. The van der Waals surface area contributed by atoms with Crippen LogP contribution in [0.25, 0.3) is 0 Å². The quantitative estimate of drug-likeness (QED) is 0.739. The van der Waals surface area contributed by atoms with Crippen LogP contribution in [0, 0.1) is 5.92 Å². The van der Waals surface area contributed by atoms with Crippen molar-refractivity contribution in [1.29, 1.82) is 0 Å². The molecule has 2 rings (SSSR count). The fraction of sp³-hybridized carbons (Fsp3) is 1.00. The number of nitrogens with zero attached hydrogens (tertiary/aromatic N) is 1. The van der Waals surface area contributed by atoms with E-state index < -0.39 is 0 Å². The van der Waals surface area contributed by atoms with E-state index in [1.165, 1.54) is 77.4 Å². The predicted octanol–water partition coefficient (Wildman–Crippen LogP) is 4.59. The summed E-state index contributed by atoms with van der Waals surface area (Å²) < 4.78 is 0. The molecule has 0 aromatic heterocycles. The Bertz CT molecular complexity index is 309. The molecule has 2 aliphatic rings. The Morgan fingerprint density at radius 3 is 2.43 bits per heavy atom. The molecule has 1 aliphatic heterocycles. The van der Waals surface area contributed by atoms with Crippen LogP contribution in [0.3, 0.4) is 0 Å². The van der Waals surface area contributed by atoms with E-state index >= 15 is 0 Å². The maximum absolute atomic E-state index is 3.90. The predicted molar refractivity (Wildman–Crippen MR) is 92.8 cm³/mol. The first-order chi connectivity index (χ1) is 10.1. The molecule has 2 heteroatoms. The molecule has 124 valence electrons. The van der Waals surface area contributed by atoms with Gasteiger partial charge in [0.05, 0.1) is 0 Å². The molecular formula is C19H38N2. The maximum Gasteiger partial charge on any atom is 0.0335 e. The summed E-state index contributed by atoms with van der Waals surface area (Å²) in [5, 5.41) is 3.90. The second-order valence-corrected chi connectivity index (χ2v) is 8.00. The summed E-state index contributed by atoms with van der Waals surface area (Å²) >= 11 is 0. The molecule has 0 aromatic carbocycles. The first-order valence-corrected chi connectivity index (χ1v) is 9.57. The van der Waals surface area contributed by atoms with Crippen LogP contribution in [0.4, 0.5) is 0 Å². The molecule has 2 fully saturated rings. The topological polar surface area (TPSA) is 15.3 Å². The van der Waals surface area contributed by atoms with Gasteiger partial charge in [-0.05, 0) is 38.5 Å². The molecule has 1 N–H and O–H groups in total. The van der Waals surface area contributed by atoms with Gasteiger partial charge in [-0.2, -0.15) is 0 Å². The Morgan fingerprint density at radius 1 is 1.14 bits per heavy atom. The van der Waals surface area contributed by atoms with Gasteiger partial charge in [-0.25, -0.2) is 0 Å². The van der Waals surface area contributed by atoms with E-state index in [0.717, 1.165) is 5.92 Å². The summed E-state index contributed by atoms with van der Waals surface area (Å²) in [6.45, 7) is 13.3. The van der Waals surface area contributed by atoms with Crippen LogP contribution in [0.2, 0.25) is 0 Å². The van der Waals surface area contributed by atoms with Crippen LogP contribution in [0.15, 0.2) is 0 Å². The van der Waals surface area contributed by atoms with Crippen LogP contribution in [0.1, 0.15) is 85.5 Å². The minimum atomic E-state index is 0.330. The molecule has 0 bridgehead atoms. The fourth-order valence-electron chi connectivity index (χ4n) is 4.38. The normalized spacial score (nSPS) is 30.9. The molecule has 2 unspecified atom stereocenters. The first kappa shape index (κ1) is 17.3. The average molecular weight is 295 g/mol. The summed E-state index contributed by atoms with van der Waals surface area (Å²) in [6, 6.07) is 0. The number of hydrogen-bond donors (Lipinski definition) is 1. The molecule has 1 spiro atoms. The van der Waals surface area contributed by atoms with Crippen LogP contribution in [-0.2, 0) is 0 Å². The van der Waals surface area contributed by atoms with Gasteiger partial charge in [0, 0.05) is 30.7 Å². The van der Waals surface area contributed by atoms with Crippen molar-refractivity contribution < 1.29 is 0 Å². The largest absolute Gasteiger partial charge is 0.308 e.